The molecule has 0 radical (unpaired) electrons. The summed E-state index contributed by atoms with van der Waals surface area (Å²) in [6.07, 6.45) is 2.24. The lowest BCUT2D eigenvalue weighted by atomic mass is 10.00. The Balaban J connectivity index is 2.18. The Hall–Kier alpha value is -2.14. The third kappa shape index (κ3) is 3.20. The van der Waals surface area contributed by atoms with Crippen LogP contribution in [0, 0.1) is 5.82 Å². The molecular formula is C14H16FN3O. The van der Waals surface area contributed by atoms with E-state index < -0.39 is 5.82 Å². The van der Waals surface area contributed by atoms with Crippen molar-refractivity contribution in [3.8, 4) is 5.75 Å². The van der Waals surface area contributed by atoms with Crippen molar-refractivity contribution in [1.82, 2.24) is 4.98 Å². The topological polar surface area (TPSA) is 74.2 Å². The van der Waals surface area contributed by atoms with Gasteiger partial charge in [0.15, 0.2) is 11.6 Å². The molecule has 1 aromatic carbocycles. The molecule has 2 rings (SSSR count). The molecule has 0 saturated carbocycles. The van der Waals surface area contributed by atoms with Crippen LogP contribution in [0.3, 0.4) is 0 Å². The van der Waals surface area contributed by atoms with Crippen LogP contribution in [0.1, 0.15) is 17.2 Å². The van der Waals surface area contributed by atoms with Gasteiger partial charge in [-0.05, 0) is 41.8 Å². The highest BCUT2D eigenvalue weighted by Gasteiger charge is 2.11. The SMILES string of the molecule is COc1cc(C(N)Cc2ccnc(N)c2)ccc1F. The second kappa shape index (κ2) is 5.67. The van der Waals surface area contributed by atoms with Crippen LogP contribution < -0.4 is 16.2 Å². The summed E-state index contributed by atoms with van der Waals surface area (Å²) in [6.45, 7) is 0. The zero-order valence-corrected chi connectivity index (χ0v) is 10.6. The Morgan fingerprint density at radius 1 is 1.32 bits per heavy atom. The van der Waals surface area contributed by atoms with Gasteiger partial charge in [0.05, 0.1) is 7.11 Å². The lowest BCUT2D eigenvalue weighted by Gasteiger charge is -2.13. The zero-order chi connectivity index (χ0) is 13.8. The molecule has 19 heavy (non-hydrogen) atoms. The number of anilines is 1. The number of nitrogen functional groups attached to an aromatic ring is 1. The van der Waals surface area contributed by atoms with Gasteiger partial charge in [-0.3, -0.25) is 0 Å². The first-order valence-corrected chi connectivity index (χ1v) is 5.89. The Labute approximate surface area is 111 Å². The summed E-state index contributed by atoms with van der Waals surface area (Å²) in [5, 5.41) is 0. The highest BCUT2D eigenvalue weighted by molar-refractivity contribution is 5.35. The summed E-state index contributed by atoms with van der Waals surface area (Å²) < 4.78 is 18.3. The number of methoxy groups -OCH3 is 1. The molecule has 1 unspecified atom stereocenters. The second-order valence-electron chi connectivity index (χ2n) is 4.29. The first-order valence-electron chi connectivity index (χ1n) is 5.89. The van der Waals surface area contributed by atoms with Gasteiger partial charge in [-0.2, -0.15) is 0 Å². The Kier molecular flexibility index (Phi) is 3.97. The summed E-state index contributed by atoms with van der Waals surface area (Å²) in [5.74, 6) is 0.259. The van der Waals surface area contributed by atoms with Crippen LogP contribution in [0.2, 0.25) is 0 Å². The second-order valence-corrected chi connectivity index (χ2v) is 4.29. The van der Waals surface area contributed by atoms with E-state index in [-0.39, 0.29) is 11.8 Å². The van der Waals surface area contributed by atoms with Crippen LogP contribution in [0.25, 0.3) is 0 Å². The Morgan fingerprint density at radius 3 is 2.79 bits per heavy atom. The van der Waals surface area contributed by atoms with Crippen molar-refractivity contribution in [3.05, 3.63) is 53.5 Å². The quantitative estimate of drug-likeness (QED) is 0.883. The summed E-state index contributed by atoms with van der Waals surface area (Å²) >= 11 is 0. The number of aromatic nitrogens is 1. The molecule has 1 atom stereocenters. The lowest BCUT2D eigenvalue weighted by Crippen LogP contribution is -2.14. The molecule has 4 N–H and O–H groups in total. The summed E-state index contributed by atoms with van der Waals surface area (Å²) in [4.78, 5) is 3.93. The van der Waals surface area contributed by atoms with Crippen molar-refractivity contribution in [2.75, 3.05) is 12.8 Å². The number of rotatable bonds is 4. The summed E-state index contributed by atoms with van der Waals surface area (Å²) in [7, 11) is 1.43. The smallest absolute Gasteiger partial charge is 0.165 e. The van der Waals surface area contributed by atoms with Gasteiger partial charge >= 0.3 is 0 Å². The van der Waals surface area contributed by atoms with E-state index in [0.717, 1.165) is 11.1 Å². The highest BCUT2D eigenvalue weighted by atomic mass is 19.1. The molecule has 0 amide bonds. The van der Waals surface area contributed by atoms with Crippen molar-refractivity contribution in [1.29, 1.82) is 0 Å². The van der Waals surface area contributed by atoms with Gasteiger partial charge in [-0.15, -0.1) is 0 Å². The number of nitrogens with two attached hydrogens (primary N) is 2. The monoisotopic (exact) mass is 261 g/mol. The number of nitrogens with zero attached hydrogens (tertiary/aromatic N) is 1. The molecule has 0 aliphatic heterocycles. The molecule has 5 heteroatoms. The number of hydrogen-bond donors (Lipinski definition) is 2. The van der Waals surface area contributed by atoms with Gasteiger partial charge in [-0.25, -0.2) is 9.37 Å². The fourth-order valence-electron chi connectivity index (χ4n) is 1.90. The molecular weight excluding hydrogens is 245 g/mol. The lowest BCUT2D eigenvalue weighted by molar-refractivity contribution is 0.385. The molecule has 0 aliphatic carbocycles. The molecule has 4 nitrogen and oxygen atoms in total. The zero-order valence-electron chi connectivity index (χ0n) is 10.6. The van der Waals surface area contributed by atoms with E-state index in [1.54, 1.807) is 24.4 Å². The summed E-state index contributed by atoms with van der Waals surface area (Å²) in [5.41, 5.74) is 13.5. The first kappa shape index (κ1) is 13.3. The van der Waals surface area contributed by atoms with E-state index in [4.69, 9.17) is 16.2 Å². The van der Waals surface area contributed by atoms with Crippen LogP contribution in [0.15, 0.2) is 36.5 Å². The van der Waals surface area contributed by atoms with Gasteiger partial charge in [0.1, 0.15) is 5.82 Å². The average molecular weight is 261 g/mol. The van der Waals surface area contributed by atoms with E-state index in [9.17, 15) is 4.39 Å². The molecule has 1 heterocycles. The molecule has 0 bridgehead atoms. The maximum atomic E-state index is 13.3. The predicted molar refractivity (Wildman–Crippen MR) is 72.2 cm³/mol. The van der Waals surface area contributed by atoms with Crippen molar-refractivity contribution in [2.24, 2.45) is 5.73 Å². The highest BCUT2D eigenvalue weighted by Crippen LogP contribution is 2.23. The van der Waals surface area contributed by atoms with E-state index in [2.05, 4.69) is 4.98 Å². The van der Waals surface area contributed by atoms with Crippen LogP contribution in [0.5, 0.6) is 5.75 Å². The van der Waals surface area contributed by atoms with Crippen LogP contribution in [-0.2, 0) is 6.42 Å². The number of benzene rings is 1. The Bertz CT molecular complexity index is 574. The van der Waals surface area contributed by atoms with Gasteiger partial charge in [0.2, 0.25) is 0 Å². The minimum Gasteiger partial charge on any atom is -0.494 e. The maximum absolute atomic E-state index is 13.3. The first-order chi connectivity index (χ1) is 9.10. The normalized spacial score (nSPS) is 12.2. The fourth-order valence-corrected chi connectivity index (χ4v) is 1.90. The van der Waals surface area contributed by atoms with Crippen molar-refractivity contribution in [3.63, 3.8) is 0 Å². The third-order valence-electron chi connectivity index (χ3n) is 2.90. The van der Waals surface area contributed by atoms with Gasteiger partial charge in [-0.1, -0.05) is 6.07 Å². The minimum atomic E-state index is -0.397. The van der Waals surface area contributed by atoms with Crippen LogP contribution >= 0.6 is 0 Å². The third-order valence-corrected chi connectivity index (χ3v) is 2.90. The molecule has 0 spiro atoms. The molecule has 1 aromatic heterocycles. The number of ether oxygens (including phenoxy) is 1. The van der Waals surface area contributed by atoms with E-state index in [1.807, 2.05) is 6.07 Å². The van der Waals surface area contributed by atoms with Gasteiger partial charge in [0.25, 0.3) is 0 Å². The van der Waals surface area contributed by atoms with Crippen molar-refractivity contribution < 1.29 is 9.13 Å². The predicted octanol–water partition coefficient (Wildman–Crippen LogP) is 2.05. The molecule has 0 saturated heterocycles. The molecule has 100 valence electrons. The molecule has 0 fully saturated rings. The largest absolute Gasteiger partial charge is 0.494 e. The fraction of sp³-hybridized carbons (Fsp3) is 0.214. The van der Waals surface area contributed by atoms with Crippen molar-refractivity contribution in [2.45, 2.75) is 12.5 Å². The van der Waals surface area contributed by atoms with E-state index in [1.165, 1.54) is 13.2 Å². The maximum Gasteiger partial charge on any atom is 0.165 e. The van der Waals surface area contributed by atoms with E-state index in [0.29, 0.717) is 12.2 Å². The molecule has 2 aromatic rings. The van der Waals surface area contributed by atoms with Crippen LogP contribution in [0.4, 0.5) is 10.2 Å². The average Bonchev–Trinajstić information content (AvgIpc) is 2.39. The number of halogens is 1. The van der Waals surface area contributed by atoms with Gasteiger partial charge < -0.3 is 16.2 Å². The minimum absolute atomic E-state index is 0.196. The number of pyridine rings is 1. The number of hydrogen-bond acceptors (Lipinski definition) is 4. The van der Waals surface area contributed by atoms with Gasteiger partial charge in [0, 0.05) is 12.2 Å². The van der Waals surface area contributed by atoms with Crippen molar-refractivity contribution >= 4 is 5.82 Å². The summed E-state index contributed by atoms with van der Waals surface area (Å²) in [6, 6.07) is 8.01. The van der Waals surface area contributed by atoms with Crippen LogP contribution in [-0.4, -0.2) is 12.1 Å². The molecule has 0 aliphatic rings. The standard InChI is InChI=1S/C14H16FN3O/c1-19-13-8-10(2-3-11(13)15)12(16)6-9-4-5-18-14(17)7-9/h2-5,7-8,12H,6,16H2,1H3,(H2,17,18). The Morgan fingerprint density at radius 2 is 2.11 bits per heavy atom. The van der Waals surface area contributed by atoms with E-state index >= 15 is 0 Å².